The Hall–Kier alpha value is -11.9. The fourth-order valence-corrected chi connectivity index (χ4v) is 10.6. The highest BCUT2D eigenvalue weighted by Crippen LogP contribution is 2.38. The van der Waals surface area contributed by atoms with Crippen molar-refractivity contribution in [3.05, 3.63) is 241 Å². The largest absolute Gasteiger partial charge is 0.459 e. The number of imidazole rings is 2. The predicted molar refractivity (Wildman–Crippen MR) is 343 cm³/mol. The number of hydrogen-bond donors (Lipinski definition) is 5. The number of aliphatic hydroxyl groups is 3. The fraction of sp³-hybridized carbons (Fsp3) is 0.232. The minimum Gasteiger partial charge on any atom is -0.459 e. The van der Waals surface area contributed by atoms with Crippen molar-refractivity contribution in [2.24, 2.45) is 0 Å². The van der Waals surface area contributed by atoms with Crippen molar-refractivity contribution in [2.45, 2.75) is 80.6 Å². The van der Waals surface area contributed by atoms with E-state index in [1.54, 1.807) is 182 Å². The molecule has 12 atom stereocenters. The Bertz CT molecular complexity index is 4430. The van der Waals surface area contributed by atoms with Gasteiger partial charge >= 0.3 is 41.8 Å². The van der Waals surface area contributed by atoms with Gasteiger partial charge in [-0.1, -0.05) is 109 Å². The van der Waals surface area contributed by atoms with Crippen LogP contribution in [0.1, 0.15) is 81.5 Å². The maximum absolute atomic E-state index is 13.3. The maximum atomic E-state index is 13.3. The SMILES string of the molecule is CC(=O)O[C@H]1O[C@@H](COC(=O)c2ccccc2)C(OC(=O)c2ccccc2)[C@@H]1OC(=O)c1ccccc1.Nc1ncnc2c1ncn2[C@H]1O[C@@H](CO)C(O)[C@H]1O.Nc1ncnc2c1ncn2[C@H]1O[C@@H](COC(=O)c2ccccc2)C(OC(=O)c2ccccc2)[C@@H]1OC(=O)c1ccccc1. The van der Waals surface area contributed by atoms with Crippen LogP contribution in [0.4, 0.5) is 11.6 Å². The van der Waals surface area contributed by atoms with Gasteiger partial charge in [-0.25, -0.2) is 58.7 Å². The van der Waals surface area contributed by atoms with Gasteiger partial charge in [0.25, 0.3) is 0 Å². The predicted octanol–water partition coefficient (Wildman–Crippen LogP) is 5.22. The van der Waals surface area contributed by atoms with Gasteiger partial charge in [-0.15, -0.1) is 0 Å². The summed E-state index contributed by atoms with van der Waals surface area (Å²) in [7, 11) is 0. The second kappa shape index (κ2) is 31.7. The minimum atomic E-state index is -1.40. The molecule has 0 saturated carbocycles. The molecule has 0 spiro atoms. The molecule has 10 aromatic rings. The molecule has 7 N–H and O–H groups in total. The molecule has 7 heterocycles. The third kappa shape index (κ3) is 16.2. The summed E-state index contributed by atoms with van der Waals surface area (Å²) in [5, 5.41) is 28.7. The first kappa shape index (κ1) is 68.5. The van der Waals surface area contributed by atoms with Crippen molar-refractivity contribution in [3.63, 3.8) is 0 Å². The van der Waals surface area contributed by atoms with Gasteiger partial charge in [0.2, 0.25) is 12.4 Å². The molecule has 0 amide bonds. The highest BCUT2D eigenvalue weighted by atomic mass is 16.8. The molecule has 508 valence electrons. The van der Waals surface area contributed by atoms with Gasteiger partial charge in [-0.3, -0.25) is 13.9 Å². The lowest BCUT2D eigenvalue weighted by atomic mass is 10.1. The second-order valence-corrected chi connectivity index (χ2v) is 22.0. The topological polar surface area (TPSA) is 412 Å². The molecule has 4 aromatic heterocycles. The van der Waals surface area contributed by atoms with E-state index in [2.05, 4.69) is 29.9 Å². The normalized spacial score (nSPS) is 22.1. The molecule has 3 fully saturated rings. The molecule has 30 nitrogen and oxygen atoms in total. The van der Waals surface area contributed by atoms with Crippen molar-refractivity contribution in [3.8, 4) is 0 Å². The average Bonchev–Trinajstić information content (AvgIpc) is 1.69. The van der Waals surface area contributed by atoms with Crippen LogP contribution in [0.25, 0.3) is 22.3 Å². The molecule has 0 bridgehead atoms. The summed E-state index contributed by atoms with van der Waals surface area (Å²) in [4.78, 5) is 114. The van der Waals surface area contributed by atoms with Crippen LogP contribution in [0.15, 0.2) is 207 Å². The number of nitrogens with zero attached hydrogens (tertiary/aromatic N) is 8. The fourth-order valence-electron chi connectivity index (χ4n) is 10.6. The first-order valence-electron chi connectivity index (χ1n) is 30.5. The highest BCUT2D eigenvalue weighted by molar-refractivity contribution is 5.93. The quantitative estimate of drug-likeness (QED) is 0.0543. The molecular formula is C69H62N10O20. The zero-order valence-corrected chi connectivity index (χ0v) is 52.2. The number of ether oxygens (including phenoxy) is 10. The van der Waals surface area contributed by atoms with Crippen molar-refractivity contribution in [2.75, 3.05) is 31.3 Å². The van der Waals surface area contributed by atoms with Crippen LogP contribution >= 0.6 is 0 Å². The molecule has 3 saturated heterocycles. The molecule has 13 rings (SSSR count). The van der Waals surface area contributed by atoms with Crippen LogP contribution in [0.3, 0.4) is 0 Å². The Kier molecular flexibility index (Phi) is 22.0. The van der Waals surface area contributed by atoms with Gasteiger partial charge in [0.15, 0.2) is 53.7 Å². The number of anilines is 2. The molecule has 0 radical (unpaired) electrons. The van der Waals surface area contributed by atoms with E-state index < -0.39 is 122 Å². The van der Waals surface area contributed by atoms with E-state index in [1.165, 1.54) is 34.4 Å². The molecule has 3 aliphatic rings. The first-order chi connectivity index (χ1) is 48.0. The lowest BCUT2D eigenvalue weighted by molar-refractivity contribution is -0.188. The zero-order valence-electron chi connectivity index (χ0n) is 52.2. The number of benzene rings is 6. The number of rotatable bonds is 18. The summed E-state index contributed by atoms with van der Waals surface area (Å²) < 4.78 is 59.9. The van der Waals surface area contributed by atoms with Crippen molar-refractivity contribution in [1.82, 2.24) is 39.0 Å². The summed E-state index contributed by atoms with van der Waals surface area (Å²) >= 11 is 0. The van der Waals surface area contributed by atoms with Crippen LogP contribution in [0.2, 0.25) is 0 Å². The molecule has 3 aliphatic heterocycles. The van der Waals surface area contributed by atoms with Crippen molar-refractivity contribution < 1.29 is 96.2 Å². The highest BCUT2D eigenvalue weighted by Gasteiger charge is 2.54. The zero-order chi connectivity index (χ0) is 69.5. The van der Waals surface area contributed by atoms with Crippen LogP contribution in [-0.2, 0) is 52.2 Å². The lowest BCUT2D eigenvalue weighted by Gasteiger charge is -2.25. The van der Waals surface area contributed by atoms with E-state index in [1.807, 2.05) is 0 Å². The van der Waals surface area contributed by atoms with Crippen LogP contribution < -0.4 is 11.5 Å². The maximum Gasteiger partial charge on any atom is 0.338 e. The number of aromatic nitrogens is 8. The Morgan fingerprint density at radius 3 is 1.11 bits per heavy atom. The number of nitrogen functional groups attached to an aromatic ring is 2. The van der Waals surface area contributed by atoms with Crippen molar-refractivity contribution >= 4 is 75.7 Å². The Labute approximate surface area is 561 Å². The summed E-state index contributed by atoms with van der Waals surface area (Å²) in [6.45, 7) is 0.0867. The van der Waals surface area contributed by atoms with E-state index in [4.69, 9.17) is 63.9 Å². The Morgan fingerprint density at radius 1 is 0.404 bits per heavy atom. The molecule has 6 aromatic carbocycles. The van der Waals surface area contributed by atoms with Crippen LogP contribution in [0, 0.1) is 0 Å². The number of hydrogen-bond acceptors (Lipinski definition) is 28. The monoisotopic (exact) mass is 1350 g/mol. The smallest absolute Gasteiger partial charge is 0.338 e. The number of carbonyl (C=O) groups excluding carboxylic acids is 7. The van der Waals surface area contributed by atoms with Gasteiger partial charge in [-0.05, 0) is 72.8 Å². The first-order valence-corrected chi connectivity index (χ1v) is 30.5. The third-order valence-corrected chi connectivity index (χ3v) is 15.5. The average molecular weight is 1350 g/mol. The van der Waals surface area contributed by atoms with Gasteiger partial charge in [-0.2, -0.15) is 0 Å². The number of carbonyl (C=O) groups is 7. The summed E-state index contributed by atoms with van der Waals surface area (Å²) in [5.41, 5.74) is 14.7. The van der Waals surface area contributed by atoms with Gasteiger partial charge in [0.05, 0.1) is 52.6 Å². The molecule has 30 heteroatoms. The molecular weight excluding hydrogens is 1290 g/mol. The van der Waals surface area contributed by atoms with E-state index in [0.29, 0.717) is 33.5 Å². The summed E-state index contributed by atoms with van der Waals surface area (Å²) in [6, 6.07) is 49.7. The van der Waals surface area contributed by atoms with Gasteiger partial charge in [0.1, 0.15) is 67.4 Å². The van der Waals surface area contributed by atoms with E-state index in [-0.39, 0.29) is 47.1 Å². The Morgan fingerprint density at radius 2 is 0.737 bits per heavy atom. The third-order valence-electron chi connectivity index (χ3n) is 15.5. The van der Waals surface area contributed by atoms with Gasteiger partial charge < -0.3 is 74.2 Å². The standard InChI is InChI=1S/C31H25N5O7.C28H24O9.C10H13N5O4/c32-26-23-27(34-17-33-26)36(18-35-23)28-25(43-31(39)21-14-8-3-9-15-21)24(42-30(38)20-12-6-2-7-13-20)22(41-28)16-40-29(37)19-10-4-1-5-11-19;1-18(29)34-28-24(37-27(32)21-15-9-4-10-16-21)23(36-26(31)20-13-7-3-8-14-20)22(35-28)17-33-25(30)19-11-5-2-6-12-19;11-8-5-9(13-2-12-8)15(3-14-5)10-7(18)6(17)4(1-16)19-10/h1-15,17-18,22,24-25,28H,16H2,(H2,32,33,34);2-16,22-24,28H,17H2,1H3;2-4,6-7,10,16-18H,1H2,(H2,11,12,13)/t22-,24?,25-,28-;22-,23?,24-,28-;4-,6?,7+,10-/m000/s1. The van der Waals surface area contributed by atoms with Crippen LogP contribution in [-0.4, -0.2) is 177 Å². The number of nitrogens with two attached hydrogens (primary N) is 2. The number of fused-ring (bicyclic) bond motifs is 2. The van der Waals surface area contributed by atoms with E-state index in [9.17, 15) is 43.8 Å². The van der Waals surface area contributed by atoms with E-state index in [0.717, 1.165) is 6.92 Å². The van der Waals surface area contributed by atoms with Crippen molar-refractivity contribution in [1.29, 1.82) is 0 Å². The number of aliphatic hydroxyl groups excluding tert-OH is 3. The summed E-state index contributed by atoms with van der Waals surface area (Å²) in [6.07, 6.45) is -8.39. The lowest BCUT2D eigenvalue weighted by Crippen LogP contribution is -2.42. The summed E-state index contributed by atoms with van der Waals surface area (Å²) in [5.74, 6) is -4.42. The second-order valence-electron chi connectivity index (χ2n) is 22.0. The number of esters is 7. The minimum absolute atomic E-state index is 0.139. The molecule has 3 unspecified atom stereocenters. The Balaban J connectivity index is 0.000000160. The van der Waals surface area contributed by atoms with E-state index >= 15 is 0 Å². The molecule has 0 aliphatic carbocycles. The van der Waals surface area contributed by atoms with Crippen LogP contribution in [0.5, 0.6) is 0 Å². The molecule has 99 heavy (non-hydrogen) atoms. The van der Waals surface area contributed by atoms with Gasteiger partial charge in [0, 0.05) is 6.92 Å².